The summed E-state index contributed by atoms with van der Waals surface area (Å²) in [7, 11) is 0. The lowest BCUT2D eigenvalue weighted by Gasteiger charge is -1.96. The number of carboxylic acids is 1. The maximum atomic E-state index is 10.2. The van der Waals surface area contributed by atoms with E-state index in [1.807, 2.05) is 19.1 Å². The van der Waals surface area contributed by atoms with Crippen molar-refractivity contribution in [3.05, 3.63) is 36.5 Å². The van der Waals surface area contributed by atoms with Gasteiger partial charge in [-0.15, -0.1) is 0 Å². The zero-order valence-corrected chi connectivity index (χ0v) is 7.29. The summed E-state index contributed by atoms with van der Waals surface area (Å²) in [5.74, 6) is -0.763. The molecule has 2 nitrogen and oxygen atoms in total. The van der Waals surface area contributed by atoms with Crippen LogP contribution in [0.1, 0.15) is 19.8 Å². The van der Waals surface area contributed by atoms with Gasteiger partial charge in [-0.2, -0.15) is 0 Å². The van der Waals surface area contributed by atoms with Gasteiger partial charge in [-0.3, -0.25) is 4.79 Å². The Hall–Kier alpha value is -1.31. The van der Waals surface area contributed by atoms with Gasteiger partial charge < -0.3 is 5.11 Å². The summed E-state index contributed by atoms with van der Waals surface area (Å²) in [4.78, 5) is 10.2. The average Bonchev–Trinajstić information content (AvgIpc) is 2.05. The molecule has 1 N–H and O–H groups in total. The third kappa shape index (κ3) is 5.47. The first kappa shape index (κ1) is 10.7. The van der Waals surface area contributed by atoms with E-state index in [2.05, 4.69) is 6.58 Å². The van der Waals surface area contributed by atoms with Crippen molar-refractivity contribution in [1.29, 1.82) is 0 Å². The fourth-order valence-corrected chi connectivity index (χ4v) is 0.767. The van der Waals surface area contributed by atoms with Crippen molar-refractivity contribution in [1.82, 2.24) is 0 Å². The van der Waals surface area contributed by atoms with Crippen LogP contribution in [0.25, 0.3) is 0 Å². The van der Waals surface area contributed by atoms with E-state index in [1.54, 1.807) is 12.2 Å². The molecule has 0 aromatic rings. The SMILES string of the molecule is C=C/C=C\C(=C/C)CCC(=O)O. The lowest BCUT2D eigenvalue weighted by molar-refractivity contribution is -0.136. The number of allylic oxidation sites excluding steroid dienone is 5. The zero-order chi connectivity index (χ0) is 9.40. The van der Waals surface area contributed by atoms with Gasteiger partial charge in [0.05, 0.1) is 0 Å². The Bertz CT molecular complexity index is 212. The molecular weight excluding hydrogens is 152 g/mol. The van der Waals surface area contributed by atoms with Crippen LogP contribution in [0.4, 0.5) is 0 Å². The first-order valence-corrected chi connectivity index (χ1v) is 3.86. The molecule has 12 heavy (non-hydrogen) atoms. The number of rotatable bonds is 5. The van der Waals surface area contributed by atoms with Gasteiger partial charge in [0.1, 0.15) is 0 Å². The molecule has 0 amide bonds. The van der Waals surface area contributed by atoms with E-state index >= 15 is 0 Å². The molecule has 0 unspecified atom stereocenters. The number of hydrogen-bond acceptors (Lipinski definition) is 1. The zero-order valence-electron chi connectivity index (χ0n) is 7.29. The van der Waals surface area contributed by atoms with Crippen LogP contribution in [0.15, 0.2) is 36.5 Å². The molecule has 0 aliphatic carbocycles. The highest BCUT2D eigenvalue weighted by atomic mass is 16.4. The molecule has 66 valence electrons. The highest BCUT2D eigenvalue weighted by Gasteiger charge is 1.97. The average molecular weight is 166 g/mol. The minimum atomic E-state index is -0.763. The van der Waals surface area contributed by atoms with Crippen LogP contribution in [0.3, 0.4) is 0 Å². The van der Waals surface area contributed by atoms with Crippen molar-refractivity contribution < 1.29 is 9.90 Å². The van der Waals surface area contributed by atoms with Gasteiger partial charge in [0.25, 0.3) is 0 Å². The molecule has 0 bridgehead atoms. The summed E-state index contributed by atoms with van der Waals surface area (Å²) in [5.41, 5.74) is 1.03. The summed E-state index contributed by atoms with van der Waals surface area (Å²) in [6.07, 6.45) is 8.01. The van der Waals surface area contributed by atoms with Crippen LogP contribution in [-0.4, -0.2) is 11.1 Å². The molecule has 0 spiro atoms. The molecule has 0 aromatic carbocycles. The van der Waals surface area contributed by atoms with Crippen LogP contribution in [0, 0.1) is 0 Å². The molecule has 0 aliphatic rings. The van der Waals surface area contributed by atoms with E-state index in [-0.39, 0.29) is 6.42 Å². The molecule has 0 saturated carbocycles. The highest BCUT2D eigenvalue weighted by Crippen LogP contribution is 2.06. The Morgan fingerprint density at radius 2 is 2.17 bits per heavy atom. The molecule has 0 heterocycles. The molecule has 0 fully saturated rings. The topological polar surface area (TPSA) is 37.3 Å². The number of carboxylic acid groups (broad SMARTS) is 1. The van der Waals surface area contributed by atoms with Crippen molar-refractivity contribution in [2.24, 2.45) is 0 Å². The summed E-state index contributed by atoms with van der Waals surface area (Å²) in [5, 5.41) is 8.41. The summed E-state index contributed by atoms with van der Waals surface area (Å²) in [6, 6.07) is 0. The van der Waals surface area contributed by atoms with Crippen LogP contribution < -0.4 is 0 Å². The Morgan fingerprint density at radius 3 is 2.58 bits per heavy atom. The van der Waals surface area contributed by atoms with Gasteiger partial charge in [-0.25, -0.2) is 0 Å². The molecule has 0 aromatic heterocycles. The van der Waals surface area contributed by atoms with Crippen molar-refractivity contribution in [2.75, 3.05) is 0 Å². The van der Waals surface area contributed by atoms with Gasteiger partial charge in [-0.05, 0) is 13.3 Å². The lowest BCUT2D eigenvalue weighted by atomic mass is 10.1. The number of carbonyl (C=O) groups is 1. The monoisotopic (exact) mass is 166 g/mol. The molecule has 0 rings (SSSR count). The predicted octanol–water partition coefficient (Wildman–Crippen LogP) is 2.54. The Kier molecular flexibility index (Phi) is 5.70. The van der Waals surface area contributed by atoms with Crippen LogP contribution in [-0.2, 0) is 4.79 Å². The fraction of sp³-hybridized carbons (Fsp3) is 0.300. The summed E-state index contributed by atoms with van der Waals surface area (Å²) < 4.78 is 0. The first-order chi connectivity index (χ1) is 5.70. The van der Waals surface area contributed by atoms with Gasteiger partial charge in [0.15, 0.2) is 0 Å². The Morgan fingerprint density at radius 1 is 1.50 bits per heavy atom. The second kappa shape index (κ2) is 6.40. The van der Waals surface area contributed by atoms with E-state index in [0.29, 0.717) is 6.42 Å². The van der Waals surface area contributed by atoms with Crippen LogP contribution >= 0.6 is 0 Å². The van der Waals surface area contributed by atoms with Crippen LogP contribution in [0.5, 0.6) is 0 Å². The summed E-state index contributed by atoms with van der Waals surface area (Å²) >= 11 is 0. The fourth-order valence-electron chi connectivity index (χ4n) is 0.767. The maximum Gasteiger partial charge on any atom is 0.303 e. The minimum Gasteiger partial charge on any atom is -0.481 e. The van der Waals surface area contributed by atoms with Crippen molar-refractivity contribution >= 4 is 5.97 Å². The van der Waals surface area contributed by atoms with Gasteiger partial charge in [-0.1, -0.05) is 36.5 Å². The largest absolute Gasteiger partial charge is 0.481 e. The number of hydrogen-bond donors (Lipinski definition) is 1. The minimum absolute atomic E-state index is 0.182. The highest BCUT2D eigenvalue weighted by molar-refractivity contribution is 5.67. The molecule has 0 aliphatic heterocycles. The Balaban J connectivity index is 3.93. The van der Waals surface area contributed by atoms with E-state index < -0.39 is 5.97 Å². The Labute approximate surface area is 72.9 Å². The van der Waals surface area contributed by atoms with Crippen molar-refractivity contribution in [3.63, 3.8) is 0 Å². The molecule has 2 heteroatoms. The standard InChI is InChI=1S/C10H14O2/c1-3-5-6-9(4-2)7-8-10(11)12/h3-6H,1,7-8H2,2H3,(H,11,12)/b6-5-,9-4+. The van der Waals surface area contributed by atoms with Crippen molar-refractivity contribution in [3.8, 4) is 0 Å². The van der Waals surface area contributed by atoms with Crippen molar-refractivity contribution in [2.45, 2.75) is 19.8 Å². The van der Waals surface area contributed by atoms with Crippen LogP contribution in [0.2, 0.25) is 0 Å². The third-order valence-electron chi connectivity index (χ3n) is 1.44. The molecule has 0 atom stereocenters. The van der Waals surface area contributed by atoms with Gasteiger partial charge >= 0.3 is 5.97 Å². The number of aliphatic carboxylic acids is 1. The quantitative estimate of drug-likeness (QED) is 0.637. The molecule has 0 saturated heterocycles. The van der Waals surface area contributed by atoms with Gasteiger partial charge in [0.2, 0.25) is 0 Å². The molecule has 0 radical (unpaired) electrons. The lowest BCUT2D eigenvalue weighted by Crippen LogP contribution is -1.94. The summed E-state index contributed by atoms with van der Waals surface area (Å²) in [6.45, 7) is 5.43. The van der Waals surface area contributed by atoms with E-state index in [4.69, 9.17) is 5.11 Å². The first-order valence-electron chi connectivity index (χ1n) is 3.86. The maximum absolute atomic E-state index is 10.2. The second-order valence-electron chi connectivity index (χ2n) is 2.35. The predicted molar refractivity (Wildman–Crippen MR) is 50.0 cm³/mol. The second-order valence-corrected chi connectivity index (χ2v) is 2.35. The van der Waals surface area contributed by atoms with E-state index in [1.165, 1.54) is 0 Å². The third-order valence-corrected chi connectivity index (χ3v) is 1.44. The van der Waals surface area contributed by atoms with E-state index in [9.17, 15) is 4.79 Å². The normalized spacial score (nSPS) is 11.9. The van der Waals surface area contributed by atoms with E-state index in [0.717, 1.165) is 5.57 Å². The smallest absolute Gasteiger partial charge is 0.303 e. The van der Waals surface area contributed by atoms with Gasteiger partial charge in [0, 0.05) is 6.42 Å². The molecular formula is C10H14O2.